The molecule has 5 heteroatoms. The molecule has 0 fully saturated rings. The average molecular weight is 272 g/mol. The number of hydrogen-bond donors (Lipinski definition) is 0. The van der Waals surface area contributed by atoms with Gasteiger partial charge in [-0.05, 0) is 26.9 Å². The summed E-state index contributed by atoms with van der Waals surface area (Å²) >= 11 is 6.11. The Kier molecular flexibility index (Phi) is 6.36. The zero-order valence-corrected chi connectivity index (χ0v) is 12.2. The molecule has 1 aromatic rings. The van der Waals surface area contributed by atoms with Crippen molar-refractivity contribution < 1.29 is 4.79 Å². The monoisotopic (exact) mass is 271 g/mol. The molecule has 0 N–H and O–H groups in total. The summed E-state index contributed by atoms with van der Waals surface area (Å²) in [7, 11) is 4.05. The molecular formula is C13H22ClN3O. The molecule has 0 aliphatic rings. The Labute approximate surface area is 114 Å². The summed E-state index contributed by atoms with van der Waals surface area (Å²) in [4.78, 5) is 13.6. The molecule has 0 atom stereocenters. The van der Waals surface area contributed by atoms with Gasteiger partial charge in [0.05, 0.1) is 23.5 Å². The van der Waals surface area contributed by atoms with E-state index in [0.717, 1.165) is 25.2 Å². The predicted molar refractivity (Wildman–Crippen MR) is 74.0 cm³/mol. The molecule has 18 heavy (non-hydrogen) atoms. The SMILES string of the molecule is CCCC(=O)CCc1c(Cl)cnn1CCN(C)C. The number of ketones is 1. The summed E-state index contributed by atoms with van der Waals surface area (Å²) in [6.07, 6.45) is 4.47. The van der Waals surface area contributed by atoms with Crippen LogP contribution in [0.15, 0.2) is 6.20 Å². The molecule has 102 valence electrons. The van der Waals surface area contributed by atoms with Crippen molar-refractivity contribution in [3.63, 3.8) is 0 Å². The third-order valence-corrected chi connectivity index (χ3v) is 3.14. The maximum absolute atomic E-state index is 11.5. The van der Waals surface area contributed by atoms with Crippen LogP contribution in [0, 0.1) is 0 Å². The van der Waals surface area contributed by atoms with E-state index in [1.165, 1.54) is 0 Å². The van der Waals surface area contributed by atoms with Gasteiger partial charge in [-0.1, -0.05) is 18.5 Å². The molecule has 0 aliphatic heterocycles. The predicted octanol–water partition coefficient (Wildman–Crippen LogP) is 2.40. The summed E-state index contributed by atoms with van der Waals surface area (Å²) in [6.45, 7) is 3.73. The van der Waals surface area contributed by atoms with Gasteiger partial charge in [0, 0.05) is 19.4 Å². The molecule has 0 radical (unpaired) electrons. The highest BCUT2D eigenvalue weighted by atomic mass is 35.5. The lowest BCUT2D eigenvalue weighted by molar-refractivity contribution is -0.119. The van der Waals surface area contributed by atoms with E-state index in [9.17, 15) is 4.79 Å². The van der Waals surface area contributed by atoms with Crippen LogP contribution in [0.5, 0.6) is 0 Å². The molecule has 0 amide bonds. The molecule has 1 rings (SSSR count). The van der Waals surface area contributed by atoms with Gasteiger partial charge < -0.3 is 4.90 Å². The molecule has 0 unspecified atom stereocenters. The van der Waals surface area contributed by atoms with Crippen molar-refractivity contribution in [1.29, 1.82) is 0 Å². The molecule has 0 saturated carbocycles. The van der Waals surface area contributed by atoms with Crippen LogP contribution in [0.25, 0.3) is 0 Å². The van der Waals surface area contributed by atoms with Crippen molar-refractivity contribution in [3.8, 4) is 0 Å². The molecule has 4 nitrogen and oxygen atoms in total. The van der Waals surface area contributed by atoms with E-state index in [0.29, 0.717) is 30.1 Å². The van der Waals surface area contributed by atoms with Crippen LogP contribution < -0.4 is 0 Å². The van der Waals surface area contributed by atoms with E-state index in [1.54, 1.807) is 6.20 Å². The van der Waals surface area contributed by atoms with Crippen molar-refractivity contribution in [2.45, 2.75) is 39.2 Å². The topological polar surface area (TPSA) is 38.1 Å². The Hall–Kier alpha value is -0.870. The number of halogens is 1. The highest BCUT2D eigenvalue weighted by Gasteiger charge is 2.11. The van der Waals surface area contributed by atoms with E-state index in [1.807, 2.05) is 25.7 Å². The molecule has 0 saturated heterocycles. The van der Waals surface area contributed by atoms with Crippen LogP contribution in [0.1, 0.15) is 31.9 Å². The Morgan fingerprint density at radius 2 is 2.17 bits per heavy atom. The lowest BCUT2D eigenvalue weighted by Crippen LogP contribution is -2.20. The number of Topliss-reactive ketones (excluding diaryl/α,β-unsaturated/α-hetero) is 1. The van der Waals surface area contributed by atoms with Crippen molar-refractivity contribution in [2.24, 2.45) is 0 Å². The van der Waals surface area contributed by atoms with Gasteiger partial charge in [-0.25, -0.2) is 0 Å². The number of likely N-dealkylation sites (N-methyl/N-ethyl adjacent to an activating group) is 1. The molecule has 0 aromatic carbocycles. The first-order valence-electron chi connectivity index (χ1n) is 6.41. The number of rotatable bonds is 8. The number of hydrogen-bond acceptors (Lipinski definition) is 3. The third kappa shape index (κ3) is 4.78. The number of aromatic nitrogens is 2. The first-order chi connectivity index (χ1) is 8.54. The fourth-order valence-electron chi connectivity index (χ4n) is 1.79. The fraction of sp³-hybridized carbons (Fsp3) is 0.692. The van der Waals surface area contributed by atoms with Crippen LogP contribution in [0.3, 0.4) is 0 Å². The Morgan fingerprint density at radius 1 is 1.44 bits per heavy atom. The minimum atomic E-state index is 0.300. The highest BCUT2D eigenvalue weighted by Crippen LogP contribution is 2.17. The minimum absolute atomic E-state index is 0.300. The van der Waals surface area contributed by atoms with Crippen LogP contribution in [0.4, 0.5) is 0 Å². The van der Waals surface area contributed by atoms with E-state index in [-0.39, 0.29) is 0 Å². The summed E-state index contributed by atoms with van der Waals surface area (Å²) in [5.41, 5.74) is 0.975. The summed E-state index contributed by atoms with van der Waals surface area (Å²) in [5, 5.41) is 4.92. The van der Waals surface area contributed by atoms with Gasteiger partial charge in [-0.2, -0.15) is 5.10 Å². The van der Waals surface area contributed by atoms with Crippen molar-refractivity contribution in [3.05, 3.63) is 16.9 Å². The molecular weight excluding hydrogens is 250 g/mol. The second kappa shape index (κ2) is 7.54. The molecule has 0 bridgehead atoms. The second-order valence-corrected chi connectivity index (χ2v) is 5.16. The largest absolute Gasteiger partial charge is 0.308 e. The van der Waals surface area contributed by atoms with E-state index in [2.05, 4.69) is 10.00 Å². The van der Waals surface area contributed by atoms with Gasteiger partial charge in [0.2, 0.25) is 0 Å². The summed E-state index contributed by atoms with van der Waals surface area (Å²) in [6, 6.07) is 0. The first kappa shape index (κ1) is 15.2. The second-order valence-electron chi connectivity index (χ2n) is 4.75. The van der Waals surface area contributed by atoms with Gasteiger partial charge in [0.1, 0.15) is 5.78 Å². The minimum Gasteiger partial charge on any atom is -0.308 e. The Bertz CT molecular complexity index is 388. The number of carbonyl (C=O) groups is 1. The van der Waals surface area contributed by atoms with Crippen LogP contribution in [-0.2, 0) is 17.8 Å². The fourth-order valence-corrected chi connectivity index (χ4v) is 2.02. The van der Waals surface area contributed by atoms with Gasteiger partial charge >= 0.3 is 0 Å². The standard InChI is InChI=1S/C13H22ClN3O/c1-4-5-11(18)6-7-13-12(14)10-15-17(13)9-8-16(2)3/h10H,4-9H2,1-3H3. The van der Waals surface area contributed by atoms with Crippen LogP contribution >= 0.6 is 11.6 Å². The smallest absolute Gasteiger partial charge is 0.133 e. The van der Waals surface area contributed by atoms with Crippen LogP contribution in [-0.4, -0.2) is 41.1 Å². The summed E-state index contributed by atoms with van der Waals surface area (Å²) < 4.78 is 1.90. The molecule has 0 aliphatic carbocycles. The van der Waals surface area contributed by atoms with E-state index < -0.39 is 0 Å². The normalized spacial score (nSPS) is 11.2. The van der Waals surface area contributed by atoms with Gasteiger partial charge in [-0.15, -0.1) is 0 Å². The number of carbonyl (C=O) groups excluding carboxylic acids is 1. The van der Waals surface area contributed by atoms with Crippen molar-refractivity contribution in [2.75, 3.05) is 20.6 Å². The number of nitrogens with zero attached hydrogens (tertiary/aromatic N) is 3. The maximum Gasteiger partial charge on any atom is 0.133 e. The molecule has 1 heterocycles. The van der Waals surface area contributed by atoms with Crippen LogP contribution in [0.2, 0.25) is 5.02 Å². The Balaban J connectivity index is 2.58. The third-order valence-electron chi connectivity index (χ3n) is 2.83. The Morgan fingerprint density at radius 3 is 2.78 bits per heavy atom. The average Bonchev–Trinajstić information content (AvgIpc) is 2.65. The lowest BCUT2D eigenvalue weighted by atomic mass is 10.1. The van der Waals surface area contributed by atoms with E-state index >= 15 is 0 Å². The zero-order chi connectivity index (χ0) is 13.5. The molecule has 1 aromatic heterocycles. The zero-order valence-electron chi connectivity index (χ0n) is 11.4. The van der Waals surface area contributed by atoms with Gasteiger partial charge in [0.15, 0.2) is 0 Å². The maximum atomic E-state index is 11.5. The van der Waals surface area contributed by atoms with Crippen molar-refractivity contribution in [1.82, 2.24) is 14.7 Å². The molecule has 0 spiro atoms. The van der Waals surface area contributed by atoms with Crippen molar-refractivity contribution >= 4 is 17.4 Å². The van der Waals surface area contributed by atoms with Gasteiger partial charge in [-0.3, -0.25) is 9.48 Å². The first-order valence-corrected chi connectivity index (χ1v) is 6.79. The highest BCUT2D eigenvalue weighted by molar-refractivity contribution is 6.31. The lowest BCUT2D eigenvalue weighted by Gasteiger charge is -2.12. The van der Waals surface area contributed by atoms with E-state index in [4.69, 9.17) is 11.6 Å². The summed E-state index contributed by atoms with van der Waals surface area (Å²) in [5.74, 6) is 0.300. The quantitative estimate of drug-likeness (QED) is 0.729. The van der Waals surface area contributed by atoms with Gasteiger partial charge in [0.25, 0.3) is 0 Å².